The summed E-state index contributed by atoms with van der Waals surface area (Å²) in [6, 6.07) is 4.19. The van der Waals surface area contributed by atoms with Crippen molar-refractivity contribution in [2.75, 3.05) is 23.3 Å². The van der Waals surface area contributed by atoms with E-state index in [-0.39, 0.29) is 11.5 Å². The number of aromatic nitrogens is 4. The first-order valence-corrected chi connectivity index (χ1v) is 9.27. The molecule has 2 aliphatic carbocycles. The predicted molar refractivity (Wildman–Crippen MR) is 96.9 cm³/mol. The third-order valence-electron chi connectivity index (χ3n) is 6.14. The Hall–Kier alpha value is -2.15. The maximum absolute atomic E-state index is 6.25. The fourth-order valence-corrected chi connectivity index (χ4v) is 4.48. The summed E-state index contributed by atoms with van der Waals surface area (Å²) >= 11 is 0. The maximum Gasteiger partial charge on any atom is 0.227 e. The molecule has 132 valence electrons. The number of hydrogen-bond acceptors (Lipinski definition) is 6. The van der Waals surface area contributed by atoms with Crippen molar-refractivity contribution in [1.29, 1.82) is 0 Å². The van der Waals surface area contributed by atoms with E-state index in [1.807, 2.05) is 12.3 Å². The molecule has 1 atom stereocenters. The molecule has 2 aromatic rings. The van der Waals surface area contributed by atoms with Gasteiger partial charge in [0.15, 0.2) is 5.82 Å². The lowest BCUT2D eigenvalue weighted by molar-refractivity contribution is 0.0110. The van der Waals surface area contributed by atoms with E-state index in [1.54, 1.807) is 0 Å². The SMILES string of the molecule is CC(N)C12CC(CN(c3nccc(Nc4cc(C5CC5)[nH]n4)n3)C1)C2. The average molecular weight is 339 g/mol. The van der Waals surface area contributed by atoms with Gasteiger partial charge in [0.05, 0.1) is 0 Å². The molecule has 4 heterocycles. The van der Waals surface area contributed by atoms with Crippen LogP contribution in [0.15, 0.2) is 18.3 Å². The first-order chi connectivity index (χ1) is 12.1. The van der Waals surface area contributed by atoms with Gasteiger partial charge in [-0.3, -0.25) is 5.10 Å². The number of hydrogen-bond donors (Lipinski definition) is 3. The second-order valence-corrected chi connectivity index (χ2v) is 8.16. The molecule has 2 saturated carbocycles. The number of anilines is 3. The highest BCUT2D eigenvalue weighted by Gasteiger charge is 2.52. The number of nitrogens with two attached hydrogens (primary N) is 1. The lowest BCUT2D eigenvalue weighted by atomic mass is 9.56. The molecule has 0 aromatic carbocycles. The second-order valence-electron chi connectivity index (χ2n) is 8.16. The van der Waals surface area contributed by atoms with Crippen molar-refractivity contribution in [3.05, 3.63) is 24.0 Å². The monoisotopic (exact) mass is 339 g/mol. The number of nitrogens with zero attached hydrogens (tertiary/aromatic N) is 4. The quantitative estimate of drug-likeness (QED) is 0.774. The molecule has 2 saturated heterocycles. The molecule has 2 aliphatic heterocycles. The predicted octanol–water partition coefficient (Wildman–Crippen LogP) is 2.38. The van der Waals surface area contributed by atoms with Crippen LogP contribution >= 0.6 is 0 Å². The minimum atomic E-state index is 0.220. The van der Waals surface area contributed by atoms with Gasteiger partial charge in [0.2, 0.25) is 5.95 Å². The summed E-state index contributed by atoms with van der Waals surface area (Å²) in [5, 5.41) is 10.8. The van der Waals surface area contributed by atoms with Crippen molar-refractivity contribution < 1.29 is 0 Å². The summed E-state index contributed by atoms with van der Waals surface area (Å²) in [5.41, 5.74) is 7.71. The summed E-state index contributed by atoms with van der Waals surface area (Å²) in [4.78, 5) is 11.5. The zero-order chi connectivity index (χ0) is 17.0. The van der Waals surface area contributed by atoms with Gasteiger partial charge < -0.3 is 16.0 Å². The molecular weight excluding hydrogens is 314 g/mol. The standard InChI is InChI=1S/C18H25N7/c1-11(19)18-7-12(8-18)9-25(10-18)17-20-5-4-15(22-17)21-16-6-14(23-24-16)13-2-3-13/h4-6,11-13H,2-3,7-10,19H2,1H3,(H2,20,21,22,23,24). The van der Waals surface area contributed by atoms with Crippen molar-refractivity contribution in [3.63, 3.8) is 0 Å². The average Bonchev–Trinajstić information content (AvgIpc) is 3.34. The maximum atomic E-state index is 6.25. The molecule has 7 heteroatoms. The van der Waals surface area contributed by atoms with Gasteiger partial charge in [-0.25, -0.2) is 4.98 Å². The lowest BCUT2D eigenvalue weighted by Gasteiger charge is -2.58. The van der Waals surface area contributed by atoms with Crippen LogP contribution in [-0.2, 0) is 0 Å². The molecule has 4 aliphatic rings. The summed E-state index contributed by atoms with van der Waals surface area (Å²) in [6.07, 6.45) is 6.83. The number of nitrogens with one attached hydrogen (secondary N) is 2. The first-order valence-electron chi connectivity index (χ1n) is 9.27. The highest BCUT2D eigenvalue weighted by atomic mass is 15.3. The zero-order valence-electron chi connectivity index (χ0n) is 14.6. The highest BCUT2D eigenvalue weighted by molar-refractivity contribution is 5.54. The smallest absolute Gasteiger partial charge is 0.227 e. The Bertz CT molecular complexity index is 773. The van der Waals surface area contributed by atoms with Crippen LogP contribution in [0.5, 0.6) is 0 Å². The van der Waals surface area contributed by atoms with Crippen LogP contribution in [0.1, 0.15) is 44.2 Å². The van der Waals surface area contributed by atoms with Gasteiger partial charge in [0, 0.05) is 48.4 Å². The van der Waals surface area contributed by atoms with E-state index in [0.717, 1.165) is 36.6 Å². The minimum absolute atomic E-state index is 0.220. The molecule has 2 aromatic heterocycles. The molecule has 0 radical (unpaired) electrons. The first kappa shape index (κ1) is 15.1. The molecule has 7 nitrogen and oxygen atoms in total. The van der Waals surface area contributed by atoms with E-state index in [4.69, 9.17) is 10.7 Å². The fourth-order valence-electron chi connectivity index (χ4n) is 4.48. The van der Waals surface area contributed by atoms with Crippen LogP contribution in [0.2, 0.25) is 0 Å². The number of rotatable bonds is 5. The van der Waals surface area contributed by atoms with Crippen LogP contribution in [0.25, 0.3) is 0 Å². The van der Waals surface area contributed by atoms with E-state index in [0.29, 0.717) is 5.92 Å². The molecule has 0 amide bonds. The Labute approximate surface area is 147 Å². The summed E-state index contributed by atoms with van der Waals surface area (Å²) in [6.45, 7) is 4.12. The third-order valence-corrected chi connectivity index (χ3v) is 6.14. The fraction of sp³-hybridized carbons (Fsp3) is 0.611. The second kappa shape index (κ2) is 5.42. The lowest BCUT2D eigenvalue weighted by Crippen LogP contribution is -2.63. The van der Waals surface area contributed by atoms with Gasteiger partial charge in [-0.2, -0.15) is 10.1 Å². The van der Waals surface area contributed by atoms with Crippen molar-refractivity contribution >= 4 is 17.6 Å². The Morgan fingerprint density at radius 3 is 2.96 bits per heavy atom. The van der Waals surface area contributed by atoms with Crippen LogP contribution < -0.4 is 16.0 Å². The van der Waals surface area contributed by atoms with Gasteiger partial charge in [0.1, 0.15) is 5.82 Å². The van der Waals surface area contributed by atoms with Gasteiger partial charge >= 0.3 is 0 Å². The van der Waals surface area contributed by atoms with Crippen molar-refractivity contribution in [2.24, 2.45) is 17.1 Å². The summed E-state index contributed by atoms with van der Waals surface area (Å²) < 4.78 is 0. The number of aromatic amines is 1. The minimum Gasteiger partial charge on any atom is -0.340 e. The molecule has 4 fully saturated rings. The van der Waals surface area contributed by atoms with E-state index in [2.05, 4.69) is 38.4 Å². The van der Waals surface area contributed by atoms with Crippen LogP contribution in [0.4, 0.5) is 17.6 Å². The summed E-state index contributed by atoms with van der Waals surface area (Å²) in [5.74, 6) is 3.79. The Morgan fingerprint density at radius 1 is 1.36 bits per heavy atom. The van der Waals surface area contributed by atoms with Crippen molar-refractivity contribution in [1.82, 2.24) is 20.2 Å². The van der Waals surface area contributed by atoms with Crippen molar-refractivity contribution in [2.45, 2.75) is 44.6 Å². The molecule has 1 unspecified atom stereocenters. The van der Waals surface area contributed by atoms with Crippen LogP contribution in [0.3, 0.4) is 0 Å². The third kappa shape index (κ3) is 2.66. The zero-order valence-corrected chi connectivity index (χ0v) is 14.6. The van der Waals surface area contributed by atoms with Crippen molar-refractivity contribution in [3.8, 4) is 0 Å². The summed E-state index contributed by atoms with van der Waals surface area (Å²) in [7, 11) is 0. The Morgan fingerprint density at radius 2 is 2.20 bits per heavy atom. The Kier molecular flexibility index (Phi) is 3.28. The number of piperidine rings is 2. The molecule has 0 spiro atoms. The van der Waals surface area contributed by atoms with E-state index >= 15 is 0 Å². The normalized spacial score (nSPS) is 29.2. The van der Waals surface area contributed by atoms with Gasteiger partial charge in [-0.15, -0.1) is 0 Å². The molecule has 6 rings (SSSR count). The molecular formula is C18H25N7. The van der Waals surface area contributed by atoms with Crippen LogP contribution in [0, 0.1) is 11.3 Å². The molecule has 25 heavy (non-hydrogen) atoms. The number of fused-ring (bicyclic) bond motifs is 2. The topological polar surface area (TPSA) is 95.8 Å². The van der Waals surface area contributed by atoms with E-state index in [9.17, 15) is 0 Å². The largest absolute Gasteiger partial charge is 0.340 e. The highest BCUT2D eigenvalue weighted by Crippen LogP contribution is 2.52. The van der Waals surface area contributed by atoms with E-state index in [1.165, 1.54) is 31.4 Å². The Balaban J connectivity index is 1.32. The van der Waals surface area contributed by atoms with Crippen LogP contribution in [-0.4, -0.2) is 39.3 Å². The van der Waals surface area contributed by atoms with Gasteiger partial charge in [0.25, 0.3) is 0 Å². The van der Waals surface area contributed by atoms with Gasteiger partial charge in [-0.1, -0.05) is 0 Å². The molecule has 2 bridgehead atoms. The van der Waals surface area contributed by atoms with E-state index < -0.39 is 0 Å². The number of H-pyrrole nitrogens is 1. The van der Waals surface area contributed by atoms with Gasteiger partial charge in [-0.05, 0) is 44.6 Å². The molecule has 4 N–H and O–H groups in total.